The largest absolute Gasteiger partial charge is 0.379 e. The third-order valence-corrected chi connectivity index (χ3v) is 4.81. The fraction of sp³-hybridized carbons (Fsp3) is 0.929. The number of carbonyl (C=O) groups excluding carboxylic acids is 1. The van der Waals surface area contributed by atoms with Gasteiger partial charge in [0.1, 0.15) is 6.10 Å². The Hall–Kier alpha value is -0.730. The lowest BCUT2D eigenvalue weighted by atomic mass is 10.2. The normalized spacial score (nSPS) is 35.2. The molecule has 3 saturated heterocycles. The van der Waals surface area contributed by atoms with Crippen LogP contribution in [0.5, 0.6) is 0 Å². The van der Waals surface area contributed by atoms with Gasteiger partial charge in [0.2, 0.25) is 0 Å². The van der Waals surface area contributed by atoms with Gasteiger partial charge in [-0.15, -0.1) is 0 Å². The van der Waals surface area contributed by atoms with Gasteiger partial charge < -0.3 is 9.47 Å². The molecule has 3 aliphatic rings. The molecule has 0 aromatic rings. The van der Waals surface area contributed by atoms with Crippen molar-refractivity contribution in [2.24, 2.45) is 5.84 Å². The Bertz CT molecular complexity index is 362. The first-order valence-corrected chi connectivity index (χ1v) is 7.96. The van der Waals surface area contributed by atoms with E-state index in [0.717, 1.165) is 58.8 Å². The molecule has 3 heterocycles. The van der Waals surface area contributed by atoms with Crippen molar-refractivity contribution in [2.45, 2.75) is 37.5 Å². The molecule has 0 aromatic carbocycles. The lowest BCUT2D eigenvalue weighted by molar-refractivity contribution is -0.132. The van der Waals surface area contributed by atoms with Gasteiger partial charge in [0.15, 0.2) is 0 Å². The summed E-state index contributed by atoms with van der Waals surface area (Å²) in [6.45, 7) is 6.98. The maximum atomic E-state index is 11.5. The van der Waals surface area contributed by atoms with Crippen LogP contribution in [0.3, 0.4) is 0 Å². The summed E-state index contributed by atoms with van der Waals surface area (Å²) < 4.78 is 11.2. The van der Waals surface area contributed by atoms with E-state index in [1.54, 1.807) is 0 Å². The lowest BCUT2D eigenvalue weighted by Gasteiger charge is -2.32. The molecule has 3 fully saturated rings. The minimum atomic E-state index is -0.363. The number of hydrogen-bond acceptors (Lipinski definition) is 6. The highest BCUT2D eigenvalue weighted by atomic mass is 16.5. The molecule has 7 heteroatoms. The maximum Gasteiger partial charge on any atom is 0.263 e. The molecule has 3 rings (SSSR count). The van der Waals surface area contributed by atoms with E-state index in [-0.39, 0.29) is 18.1 Å². The Kier molecular flexibility index (Phi) is 5.07. The molecule has 0 radical (unpaired) electrons. The molecule has 0 spiro atoms. The molecule has 3 unspecified atom stereocenters. The number of hydrazine groups is 1. The number of nitrogens with zero attached hydrogens (tertiary/aromatic N) is 2. The van der Waals surface area contributed by atoms with Crippen molar-refractivity contribution in [3.8, 4) is 0 Å². The molecule has 3 aliphatic heterocycles. The fourth-order valence-corrected chi connectivity index (χ4v) is 3.63. The third-order valence-electron chi connectivity index (χ3n) is 4.81. The SMILES string of the molecule is NNC(=O)C1CCC(CN2CCC(N3CCOCC3)C2)O1. The van der Waals surface area contributed by atoms with Crippen molar-refractivity contribution < 1.29 is 14.3 Å². The van der Waals surface area contributed by atoms with Gasteiger partial charge in [0, 0.05) is 32.2 Å². The van der Waals surface area contributed by atoms with Crippen LogP contribution in [0.1, 0.15) is 19.3 Å². The van der Waals surface area contributed by atoms with Crippen LogP contribution in [0.25, 0.3) is 0 Å². The summed E-state index contributed by atoms with van der Waals surface area (Å²) in [5.74, 6) is 4.95. The summed E-state index contributed by atoms with van der Waals surface area (Å²) in [6, 6.07) is 0.651. The zero-order valence-corrected chi connectivity index (χ0v) is 12.5. The molecule has 21 heavy (non-hydrogen) atoms. The van der Waals surface area contributed by atoms with Gasteiger partial charge in [-0.2, -0.15) is 0 Å². The van der Waals surface area contributed by atoms with Crippen LogP contribution in [0, 0.1) is 0 Å². The molecule has 0 aromatic heterocycles. The molecule has 1 amide bonds. The van der Waals surface area contributed by atoms with Crippen LogP contribution in [-0.4, -0.2) is 79.9 Å². The second kappa shape index (κ2) is 7.02. The molecule has 7 nitrogen and oxygen atoms in total. The number of nitrogens with one attached hydrogen (secondary N) is 1. The average Bonchev–Trinajstić information content (AvgIpc) is 3.17. The first-order valence-electron chi connectivity index (χ1n) is 7.96. The van der Waals surface area contributed by atoms with E-state index in [4.69, 9.17) is 15.3 Å². The predicted octanol–water partition coefficient (Wildman–Crippen LogP) is -1.07. The van der Waals surface area contributed by atoms with Gasteiger partial charge >= 0.3 is 0 Å². The van der Waals surface area contributed by atoms with Gasteiger partial charge in [-0.3, -0.25) is 20.0 Å². The van der Waals surface area contributed by atoms with E-state index in [1.165, 1.54) is 6.42 Å². The third kappa shape index (κ3) is 3.73. The minimum Gasteiger partial charge on any atom is -0.379 e. The second-order valence-electron chi connectivity index (χ2n) is 6.18. The van der Waals surface area contributed by atoms with Crippen molar-refractivity contribution in [2.75, 3.05) is 45.9 Å². The number of morpholine rings is 1. The van der Waals surface area contributed by atoms with Crippen molar-refractivity contribution in [1.82, 2.24) is 15.2 Å². The highest BCUT2D eigenvalue weighted by molar-refractivity contribution is 5.80. The molecule has 120 valence electrons. The number of likely N-dealkylation sites (tertiary alicyclic amines) is 1. The second-order valence-corrected chi connectivity index (χ2v) is 6.18. The van der Waals surface area contributed by atoms with Crippen molar-refractivity contribution in [3.05, 3.63) is 0 Å². The maximum absolute atomic E-state index is 11.5. The number of amides is 1. The summed E-state index contributed by atoms with van der Waals surface area (Å²) in [4.78, 5) is 16.5. The first kappa shape index (κ1) is 15.2. The van der Waals surface area contributed by atoms with E-state index in [1.807, 2.05) is 0 Å². The fourth-order valence-electron chi connectivity index (χ4n) is 3.63. The molecule has 3 N–H and O–H groups in total. The van der Waals surface area contributed by atoms with Crippen molar-refractivity contribution in [3.63, 3.8) is 0 Å². The Morgan fingerprint density at radius 2 is 2.00 bits per heavy atom. The minimum absolute atomic E-state index is 0.163. The molecule has 0 bridgehead atoms. The van der Waals surface area contributed by atoms with Crippen LogP contribution in [0.2, 0.25) is 0 Å². The Morgan fingerprint density at radius 1 is 1.19 bits per heavy atom. The van der Waals surface area contributed by atoms with Crippen LogP contribution >= 0.6 is 0 Å². The van der Waals surface area contributed by atoms with Crippen LogP contribution in [0.4, 0.5) is 0 Å². The standard InChI is InChI=1S/C14H26N4O3/c15-16-14(19)13-2-1-12(21-13)10-17-4-3-11(9-17)18-5-7-20-8-6-18/h11-13H,1-10,15H2,(H,16,19). The Morgan fingerprint density at radius 3 is 2.76 bits per heavy atom. The average molecular weight is 298 g/mol. The van der Waals surface area contributed by atoms with Gasteiger partial charge in [0.25, 0.3) is 5.91 Å². The monoisotopic (exact) mass is 298 g/mol. The van der Waals surface area contributed by atoms with Gasteiger partial charge in [0.05, 0.1) is 19.3 Å². The van der Waals surface area contributed by atoms with Crippen LogP contribution in [-0.2, 0) is 14.3 Å². The molecule has 0 aliphatic carbocycles. The highest BCUT2D eigenvalue weighted by Crippen LogP contribution is 2.23. The number of nitrogens with two attached hydrogens (primary N) is 1. The molecule has 0 saturated carbocycles. The summed E-state index contributed by atoms with van der Waals surface area (Å²) in [7, 11) is 0. The van der Waals surface area contributed by atoms with Crippen LogP contribution < -0.4 is 11.3 Å². The quantitative estimate of drug-likeness (QED) is 0.391. The van der Waals surface area contributed by atoms with Crippen LogP contribution in [0.15, 0.2) is 0 Å². The summed E-state index contributed by atoms with van der Waals surface area (Å²) in [5, 5.41) is 0. The summed E-state index contributed by atoms with van der Waals surface area (Å²) >= 11 is 0. The van der Waals surface area contributed by atoms with E-state index < -0.39 is 0 Å². The zero-order chi connectivity index (χ0) is 14.7. The van der Waals surface area contributed by atoms with E-state index in [0.29, 0.717) is 6.04 Å². The highest BCUT2D eigenvalue weighted by Gasteiger charge is 2.34. The molecular formula is C14H26N4O3. The smallest absolute Gasteiger partial charge is 0.263 e. The molecule has 3 atom stereocenters. The number of rotatable bonds is 4. The van der Waals surface area contributed by atoms with E-state index >= 15 is 0 Å². The van der Waals surface area contributed by atoms with Crippen molar-refractivity contribution in [1.29, 1.82) is 0 Å². The summed E-state index contributed by atoms with van der Waals surface area (Å²) in [5.41, 5.74) is 2.18. The van der Waals surface area contributed by atoms with Gasteiger partial charge in [-0.1, -0.05) is 0 Å². The van der Waals surface area contributed by atoms with E-state index in [2.05, 4.69) is 15.2 Å². The van der Waals surface area contributed by atoms with Gasteiger partial charge in [-0.25, -0.2) is 5.84 Å². The summed E-state index contributed by atoms with van der Waals surface area (Å²) in [6.07, 6.45) is 2.73. The predicted molar refractivity (Wildman–Crippen MR) is 77.5 cm³/mol. The Labute approximate surface area is 125 Å². The first-order chi connectivity index (χ1) is 10.3. The molecular weight excluding hydrogens is 272 g/mol. The van der Waals surface area contributed by atoms with E-state index in [9.17, 15) is 4.79 Å². The topological polar surface area (TPSA) is 80.1 Å². The number of ether oxygens (including phenoxy) is 2. The Balaban J connectivity index is 1.42. The van der Waals surface area contributed by atoms with Gasteiger partial charge in [-0.05, 0) is 25.8 Å². The lowest BCUT2D eigenvalue weighted by Crippen LogP contribution is -2.45. The zero-order valence-electron chi connectivity index (χ0n) is 12.5. The number of hydrogen-bond donors (Lipinski definition) is 2. The van der Waals surface area contributed by atoms with Crippen molar-refractivity contribution >= 4 is 5.91 Å². The number of carbonyl (C=O) groups is 1.